The van der Waals surface area contributed by atoms with E-state index in [0.29, 0.717) is 5.69 Å². The average molecular weight is 221 g/mol. The highest BCUT2D eigenvalue weighted by Gasteiger charge is 2.24. The molecule has 0 bridgehead atoms. The normalized spacial score (nSPS) is 15.7. The number of H-pyrrole nitrogens is 1. The van der Waals surface area contributed by atoms with Crippen molar-refractivity contribution >= 4 is 5.91 Å². The molecular formula is C12H19N3O. The van der Waals surface area contributed by atoms with Crippen LogP contribution in [-0.2, 0) is 12.8 Å². The minimum absolute atomic E-state index is 0.0631. The van der Waals surface area contributed by atoms with Gasteiger partial charge in [-0.05, 0) is 46.5 Å². The Bertz CT molecular complexity index is 401. The summed E-state index contributed by atoms with van der Waals surface area (Å²) < 4.78 is 0. The number of nitrogens with zero attached hydrogens (tertiary/aromatic N) is 1. The highest BCUT2D eigenvalue weighted by molar-refractivity contribution is 5.94. The quantitative estimate of drug-likeness (QED) is 0.760. The Labute approximate surface area is 95.8 Å². The van der Waals surface area contributed by atoms with Crippen molar-refractivity contribution in [3.05, 3.63) is 17.0 Å². The number of hydrogen-bond donors (Lipinski definition) is 2. The first-order chi connectivity index (χ1) is 7.47. The molecule has 1 amide bonds. The van der Waals surface area contributed by atoms with Crippen LogP contribution < -0.4 is 5.32 Å². The van der Waals surface area contributed by atoms with Gasteiger partial charge in [0.25, 0.3) is 5.91 Å². The van der Waals surface area contributed by atoms with E-state index in [0.717, 1.165) is 30.5 Å². The number of nitrogens with one attached hydrogen (secondary N) is 2. The van der Waals surface area contributed by atoms with Crippen LogP contribution in [0.3, 0.4) is 0 Å². The molecule has 0 saturated carbocycles. The number of rotatable bonds is 1. The standard InChI is InChI=1S/C12H19N3O/c1-12(2,3)13-11(16)10-8-6-4-5-7-9(8)14-15-10/h4-7H2,1-3H3,(H,13,16)(H,14,15). The zero-order chi connectivity index (χ0) is 11.8. The Hall–Kier alpha value is -1.32. The molecule has 4 nitrogen and oxygen atoms in total. The molecule has 0 spiro atoms. The molecule has 1 aliphatic rings. The van der Waals surface area contributed by atoms with Gasteiger partial charge in [0.2, 0.25) is 0 Å². The minimum atomic E-state index is -0.211. The van der Waals surface area contributed by atoms with E-state index in [2.05, 4.69) is 15.5 Å². The van der Waals surface area contributed by atoms with Gasteiger partial charge in [-0.1, -0.05) is 0 Å². The summed E-state index contributed by atoms with van der Waals surface area (Å²) in [7, 11) is 0. The number of aromatic amines is 1. The summed E-state index contributed by atoms with van der Waals surface area (Å²) in [5, 5.41) is 10.1. The second kappa shape index (κ2) is 3.92. The van der Waals surface area contributed by atoms with Crippen LogP contribution in [0.5, 0.6) is 0 Å². The summed E-state index contributed by atoms with van der Waals surface area (Å²) >= 11 is 0. The molecule has 0 saturated heterocycles. The molecule has 1 aromatic heterocycles. The largest absolute Gasteiger partial charge is 0.346 e. The Morgan fingerprint density at radius 1 is 1.31 bits per heavy atom. The van der Waals surface area contributed by atoms with Gasteiger partial charge < -0.3 is 5.32 Å². The summed E-state index contributed by atoms with van der Waals surface area (Å²) in [5.41, 5.74) is 2.64. The second-order valence-corrected chi connectivity index (χ2v) is 5.44. The van der Waals surface area contributed by atoms with E-state index in [1.54, 1.807) is 0 Å². The predicted molar refractivity (Wildman–Crippen MR) is 62.4 cm³/mol. The fourth-order valence-corrected chi connectivity index (χ4v) is 2.07. The second-order valence-electron chi connectivity index (χ2n) is 5.44. The number of carbonyl (C=O) groups excluding carboxylic acids is 1. The van der Waals surface area contributed by atoms with Crippen molar-refractivity contribution in [1.82, 2.24) is 15.5 Å². The van der Waals surface area contributed by atoms with E-state index in [9.17, 15) is 4.79 Å². The average Bonchev–Trinajstić information content (AvgIpc) is 2.58. The van der Waals surface area contributed by atoms with Gasteiger partial charge >= 0.3 is 0 Å². The molecule has 0 aliphatic heterocycles. The van der Waals surface area contributed by atoms with Crippen molar-refractivity contribution in [2.75, 3.05) is 0 Å². The number of carbonyl (C=O) groups is 1. The smallest absolute Gasteiger partial charge is 0.272 e. The van der Waals surface area contributed by atoms with Crippen LogP contribution in [0, 0.1) is 0 Å². The summed E-state index contributed by atoms with van der Waals surface area (Å²) in [6.07, 6.45) is 4.34. The van der Waals surface area contributed by atoms with Crippen molar-refractivity contribution < 1.29 is 4.79 Å². The number of aromatic nitrogens is 2. The van der Waals surface area contributed by atoms with Crippen LogP contribution >= 0.6 is 0 Å². The zero-order valence-corrected chi connectivity index (χ0v) is 10.2. The van der Waals surface area contributed by atoms with E-state index in [1.807, 2.05) is 20.8 Å². The molecule has 2 rings (SSSR count). The fraction of sp³-hybridized carbons (Fsp3) is 0.667. The molecule has 16 heavy (non-hydrogen) atoms. The summed E-state index contributed by atoms with van der Waals surface area (Å²) in [6.45, 7) is 5.93. The van der Waals surface area contributed by atoms with E-state index in [4.69, 9.17) is 0 Å². The van der Waals surface area contributed by atoms with Crippen LogP contribution in [0.25, 0.3) is 0 Å². The van der Waals surface area contributed by atoms with Crippen molar-refractivity contribution in [3.8, 4) is 0 Å². The van der Waals surface area contributed by atoms with Gasteiger partial charge in [0.05, 0.1) is 0 Å². The Morgan fingerprint density at radius 3 is 2.69 bits per heavy atom. The Balaban J connectivity index is 2.21. The first-order valence-corrected chi connectivity index (χ1v) is 5.86. The van der Waals surface area contributed by atoms with Gasteiger partial charge in [-0.15, -0.1) is 0 Å². The van der Waals surface area contributed by atoms with Crippen LogP contribution in [-0.4, -0.2) is 21.6 Å². The molecule has 0 radical (unpaired) electrons. The molecule has 4 heteroatoms. The number of fused-ring (bicyclic) bond motifs is 1. The maximum Gasteiger partial charge on any atom is 0.272 e. The van der Waals surface area contributed by atoms with Gasteiger partial charge in [-0.3, -0.25) is 9.89 Å². The lowest BCUT2D eigenvalue weighted by Gasteiger charge is -2.20. The van der Waals surface area contributed by atoms with Gasteiger partial charge in [0.15, 0.2) is 5.69 Å². The first kappa shape index (κ1) is 11.2. The molecule has 0 aromatic carbocycles. The number of amides is 1. The highest BCUT2D eigenvalue weighted by atomic mass is 16.2. The number of hydrogen-bond acceptors (Lipinski definition) is 2. The molecule has 0 fully saturated rings. The SMILES string of the molecule is CC(C)(C)NC(=O)c1n[nH]c2c1CCCC2. The van der Waals surface area contributed by atoms with Gasteiger partial charge in [0, 0.05) is 16.8 Å². The molecule has 88 valence electrons. The van der Waals surface area contributed by atoms with Crippen LogP contribution in [0.1, 0.15) is 55.4 Å². The van der Waals surface area contributed by atoms with E-state index in [1.165, 1.54) is 6.42 Å². The molecule has 2 N–H and O–H groups in total. The minimum Gasteiger partial charge on any atom is -0.346 e. The van der Waals surface area contributed by atoms with E-state index >= 15 is 0 Å². The molecular weight excluding hydrogens is 202 g/mol. The van der Waals surface area contributed by atoms with Crippen LogP contribution in [0.4, 0.5) is 0 Å². The fourth-order valence-electron chi connectivity index (χ4n) is 2.07. The molecule has 1 aromatic rings. The lowest BCUT2D eigenvalue weighted by atomic mass is 9.95. The molecule has 1 aliphatic carbocycles. The van der Waals surface area contributed by atoms with Gasteiger partial charge in [-0.2, -0.15) is 5.10 Å². The molecule has 0 unspecified atom stereocenters. The Kier molecular flexibility index (Phi) is 2.74. The molecule has 1 heterocycles. The molecule has 0 atom stereocenters. The van der Waals surface area contributed by atoms with Crippen molar-refractivity contribution in [2.45, 2.75) is 52.0 Å². The first-order valence-electron chi connectivity index (χ1n) is 5.86. The monoisotopic (exact) mass is 221 g/mol. The van der Waals surface area contributed by atoms with Crippen molar-refractivity contribution in [3.63, 3.8) is 0 Å². The maximum absolute atomic E-state index is 12.0. The summed E-state index contributed by atoms with van der Waals surface area (Å²) in [5.74, 6) is -0.0631. The zero-order valence-electron chi connectivity index (χ0n) is 10.2. The third kappa shape index (κ3) is 2.26. The topological polar surface area (TPSA) is 57.8 Å². The highest BCUT2D eigenvalue weighted by Crippen LogP contribution is 2.22. The maximum atomic E-state index is 12.0. The van der Waals surface area contributed by atoms with E-state index in [-0.39, 0.29) is 11.4 Å². The number of aryl methyl sites for hydroxylation is 1. The van der Waals surface area contributed by atoms with Gasteiger partial charge in [-0.25, -0.2) is 0 Å². The lowest BCUT2D eigenvalue weighted by Crippen LogP contribution is -2.41. The van der Waals surface area contributed by atoms with Crippen LogP contribution in [0.15, 0.2) is 0 Å². The predicted octanol–water partition coefficient (Wildman–Crippen LogP) is 1.82. The van der Waals surface area contributed by atoms with E-state index < -0.39 is 0 Å². The van der Waals surface area contributed by atoms with Gasteiger partial charge in [0.1, 0.15) is 0 Å². The Morgan fingerprint density at radius 2 is 2.00 bits per heavy atom. The van der Waals surface area contributed by atoms with Crippen LogP contribution in [0.2, 0.25) is 0 Å². The summed E-state index contributed by atoms with van der Waals surface area (Å²) in [4.78, 5) is 12.0. The van der Waals surface area contributed by atoms with Crippen molar-refractivity contribution in [2.24, 2.45) is 0 Å². The lowest BCUT2D eigenvalue weighted by molar-refractivity contribution is 0.0913. The third-order valence-corrected chi connectivity index (χ3v) is 2.76. The van der Waals surface area contributed by atoms with Crippen molar-refractivity contribution in [1.29, 1.82) is 0 Å². The summed E-state index contributed by atoms with van der Waals surface area (Å²) in [6, 6.07) is 0. The third-order valence-electron chi connectivity index (χ3n) is 2.76.